The SMILES string of the molecule is N#Cc1ccc(NC2CCCCC2NC(=O)O)cc1Nc1cccc(-n2nccn2)c1. The first-order valence-electron chi connectivity index (χ1n) is 10.2. The van der Waals surface area contributed by atoms with Crippen molar-refractivity contribution < 1.29 is 9.90 Å². The smallest absolute Gasteiger partial charge is 0.404 e. The Morgan fingerprint density at radius 2 is 1.84 bits per heavy atom. The number of rotatable bonds is 6. The fourth-order valence-electron chi connectivity index (χ4n) is 3.90. The summed E-state index contributed by atoms with van der Waals surface area (Å²) in [5.74, 6) is 0. The number of carboxylic acid groups (broad SMARTS) is 1. The minimum Gasteiger partial charge on any atom is -0.465 e. The molecule has 2 atom stereocenters. The normalized spacial score (nSPS) is 18.0. The van der Waals surface area contributed by atoms with E-state index in [1.54, 1.807) is 18.5 Å². The van der Waals surface area contributed by atoms with E-state index in [0.29, 0.717) is 11.3 Å². The topological polar surface area (TPSA) is 128 Å². The van der Waals surface area contributed by atoms with E-state index in [4.69, 9.17) is 5.11 Å². The van der Waals surface area contributed by atoms with E-state index in [9.17, 15) is 10.1 Å². The Morgan fingerprint density at radius 3 is 2.58 bits per heavy atom. The summed E-state index contributed by atoms with van der Waals surface area (Å²) in [6, 6.07) is 15.1. The lowest BCUT2D eigenvalue weighted by Crippen LogP contribution is -2.48. The molecule has 1 heterocycles. The van der Waals surface area contributed by atoms with Crippen molar-refractivity contribution in [3.63, 3.8) is 0 Å². The molecule has 0 spiro atoms. The molecule has 2 aromatic carbocycles. The van der Waals surface area contributed by atoms with E-state index in [2.05, 4.69) is 32.2 Å². The summed E-state index contributed by atoms with van der Waals surface area (Å²) in [5, 5.41) is 36.3. The zero-order valence-electron chi connectivity index (χ0n) is 16.8. The summed E-state index contributed by atoms with van der Waals surface area (Å²) in [7, 11) is 0. The Hall–Kier alpha value is -4.06. The van der Waals surface area contributed by atoms with Gasteiger partial charge in [0, 0.05) is 17.4 Å². The van der Waals surface area contributed by atoms with E-state index >= 15 is 0 Å². The third-order valence-corrected chi connectivity index (χ3v) is 5.34. The summed E-state index contributed by atoms with van der Waals surface area (Å²) in [6.45, 7) is 0. The molecule has 4 N–H and O–H groups in total. The standard InChI is InChI=1S/C22H23N7O2/c23-14-15-8-9-17(26-19-6-1-2-7-20(19)28-22(30)31)13-21(15)27-16-4-3-5-18(12-16)29-24-10-11-25-29/h3-5,8-13,19-20,26-28H,1-2,6-7H2,(H,30,31). The average Bonchev–Trinajstić information content (AvgIpc) is 3.30. The maximum absolute atomic E-state index is 11.1. The minimum atomic E-state index is -1.01. The quantitative estimate of drug-likeness (QED) is 0.479. The number of nitriles is 1. The number of nitrogens with one attached hydrogen (secondary N) is 3. The lowest BCUT2D eigenvalue weighted by molar-refractivity contribution is 0.184. The Bertz CT molecular complexity index is 1090. The average molecular weight is 417 g/mol. The van der Waals surface area contributed by atoms with E-state index in [1.165, 1.54) is 4.80 Å². The highest BCUT2D eigenvalue weighted by atomic mass is 16.4. The summed E-state index contributed by atoms with van der Waals surface area (Å²) in [4.78, 5) is 12.6. The van der Waals surface area contributed by atoms with E-state index in [0.717, 1.165) is 42.7 Å². The molecule has 158 valence electrons. The number of carbonyl (C=O) groups is 1. The van der Waals surface area contributed by atoms with Crippen molar-refractivity contribution in [1.82, 2.24) is 20.3 Å². The number of aromatic nitrogens is 3. The Labute approximate surface area is 179 Å². The molecule has 1 amide bonds. The van der Waals surface area contributed by atoms with Crippen LogP contribution in [0.1, 0.15) is 31.2 Å². The number of nitrogens with zero attached hydrogens (tertiary/aromatic N) is 4. The van der Waals surface area contributed by atoms with Crippen LogP contribution in [-0.4, -0.2) is 38.3 Å². The van der Waals surface area contributed by atoms with Crippen LogP contribution in [0.15, 0.2) is 54.9 Å². The molecule has 0 bridgehead atoms. The molecule has 2 unspecified atom stereocenters. The molecule has 0 aliphatic heterocycles. The van der Waals surface area contributed by atoms with Crippen LogP contribution in [-0.2, 0) is 0 Å². The van der Waals surface area contributed by atoms with Crippen LogP contribution in [0, 0.1) is 11.3 Å². The van der Waals surface area contributed by atoms with Crippen molar-refractivity contribution in [2.24, 2.45) is 0 Å². The van der Waals surface area contributed by atoms with Gasteiger partial charge in [0.2, 0.25) is 0 Å². The van der Waals surface area contributed by atoms with Gasteiger partial charge in [-0.25, -0.2) is 4.79 Å². The summed E-state index contributed by atoms with van der Waals surface area (Å²) in [6.07, 6.45) is 5.95. The van der Waals surface area contributed by atoms with Gasteiger partial charge in [0.1, 0.15) is 6.07 Å². The summed E-state index contributed by atoms with van der Waals surface area (Å²) in [5.41, 5.74) is 3.60. The van der Waals surface area contributed by atoms with Crippen molar-refractivity contribution in [1.29, 1.82) is 5.26 Å². The van der Waals surface area contributed by atoms with E-state index in [-0.39, 0.29) is 12.1 Å². The molecular formula is C22H23N7O2. The number of hydrogen-bond donors (Lipinski definition) is 4. The van der Waals surface area contributed by atoms with Crippen LogP contribution in [0.4, 0.5) is 21.9 Å². The molecular weight excluding hydrogens is 394 g/mol. The molecule has 1 aliphatic rings. The van der Waals surface area contributed by atoms with Gasteiger partial charge < -0.3 is 21.1 Å². The van der Waals surface area contributed by atoms with Gasteiger partial charge in [0.15, 0.2) is 0 Å². The van der Waals surface area contributed by atoms with Gasteiger partial charge in [-0.3, -0.25) is 0 Å². The molecule has 0 saturated heterocycles. The van der Waals surface area contributed by atoms with Gasteiger partial charge in [-0.05, 0) is 49.2 Å². The summed E-state index contributed by atoms with van der Waals surface area (Å²) >= 11 is 0. The van der Waals surface area contributed by atoms with Gasteiger partial charge >= 0.3 is 6.09 Å². The number of benzene rings is 2. The fraction of sp³-hybridized carbons (Fsp3) is 0.273. The van der Waals surface area contributed by atoms with Crippen LogP contribution in [0.2, 0.25) is 0 Å². The van der Waals surface area contributed by atoms with Crippen LogP contribution in [0.3, 0.4) is 0 Å². The largest absolute Gasteiger partial charge is 0.465 e. The summed E-state index contributed by atoms with van der Waals surface area (Å²) < 4.78 is 0. The molecule has 9 heteroatoms. The monoisotopic (exact) mass is 417 g/mol. The fourth-order valence-corrected chi connectivity index (χ4v) is 3.90. The first-order chi connectivity index (χ1) is 15.1. The number of anilines is 3. The van der Waals surface area contributed by atoms with Crippen molar-refractivity contribution in [3.05, 3.63) is 60.4 Å². The third kappa shape index (κ3) is 4.93. The van der Waals surface area contributed by atoms with E-state index < -0.39 is 6.09 Å². The molecule has 3 aromatic rings. The van der Waals surface area contributed by atoms with Crippen LogP contribution in [0.5, 0.6) is 0 Å². The molecule has 9 nitrogen and oxygen atoms in total. The zero-order valence-corrected chi connectivity index (χ0v) is 16.8. The second kappa shape index (κ2) is 9.17. The Morgan fingerprint density at radius 1 is 1.06 bits per heavy atom. The molecule has 1 fully saturated rings. The van der Waals surface area contributed by atoms with Crippen molar-refractivity contribution in [2.75, 3.05) is 10.6 Å². The second-order valence-corrected chi connectivity index (χ2v) is 7.46. The number of amides is 1. The van der Waals surface area contributed by atoms with Gasteiger partial charge in [-0.1, -0.05) is 18.9 Å². The highest BCUT2D eigenvalue weighted by Gasteiger charge is 2.26. The first-order valence-corrected chi connectivity index (χ1v) is 10.2. The third-order valence-electron chi connectivity index (χ3n) is 5.34. The second-order valence-electron chi connectivity index (χ2n) is 7.46. The van der Waals surface area contributed by atoms with Crippen molar-refractivity contribution in [3.8, 4) is 11.8 Å². The predicted octanol–water partition coefficient (Wildman–Crippen LogP) is 3.87. The minimum absolute atomic E-state index is 0.000136. The van der Waals surface area contributed by atoms with Crippen molar-refractivity contribution in [2.45, 2.75) is 37.8 Å². The van der Waals surface area contributed by atoms with E-state index in [1.807, 2.05) is 36.4 Å². The lowest BCUT2D eigenvalue weighted by atomic mass is 9.90. The number of hydrogen-bond acceptors (Lipinski definition) is 6. The molecule has 31 heavy (non-hydrogen) atoms. The van der Waals surface area contributed by atoms with Crippen LogP contribution >= 0.6 is 0 Å². The van der Waals surface area contributed by atoms with Gasteiger partial charge in [0.05, 0.1) is 35.4 Å². The lowest BCUT2D eigenvalue weighted by Gasteiger charge is -2.32. The Kier molecular flexibility index (Phi) is 5.98. The molecule has 0 radical (unpaired) electrons. The highest BCUT2D eigenvalue weighted by Crippen LogP contribution is 2.28. The van der Waals surface area contributed by atoms with Crippen LogP contribution < -0.4 is 16.0 Å². The maximum atomic E-state index is 11.1. The van der Waals surface area contributed by atoms with Gasteiger partial charge in [0.25, 0.3) is 0 Å². The predicted molar refractivity (Wildman–Crippen MR) is 117 cm³/mol. The Balaban J connectivity index is 1.55. The molecule has 4 rings (SSSR count). The van der Waals surface area contributed by atoms with Crippen molar-refractivity contribution >= 4 is 23.2 Å². The first kappa shape index (κ1) is 20.2. The van der Waals surface area contributed by atoms with Crippen LogP contribution in [0.25, 0.3) is 5.69 Å². The molecule has 1 aliphatic carbocycles. The molecule has 1 aromatic heterocycles. The molecule has 1 saturated carbocycles. The zero-order chi connectivity index (χ0) is 21.6. The van der Waals surface area contributed by atoms with Gasteiger partial charge in [-0.15, -0.1) is 0 Å². The highest BCUT2D eigenvalue weighted by molar-refractivity contribution is 5.72. The maximum Gasteiger partial charge on any atom is 0.404 e. The van der Waals surface area contributed by atoms with Gasteiger partial charge in [-0.2, -0.15) is 20.3 Å².